The highest BCUT2D eigenvalue weighted by atomic mass is 15.1. The van der Waals surface area contributed by atoms with Gasteiger partial charge in [-0.15, -0.1) is 0 Å². The van der Waals surface area contributed by atoms with Crippen molar-refractivity contribution >= 4 is 0 Å². The first-order chi connectivity index (χ1) is 7.89. The molecule has 1 aromatic carbocycles. The van der Waals surface area contributed by atoms with Crippen LogP contribution in [0.2, 0.25) is 0 Å². The molecule has 2 aliphatic rings. The van der Waals surface area contributed by atoms with Crippen LogP contribution in [-0.2, 0) is 5.41 Å². The lowest BCUT2D eigenvalue weighted by Gasteiger charge is -2.44. The Kier molecular flexibility index (Phi) is 2.70. The molecule has 1 aliphatic carbocycles. The maximum atomic E-state index is 3.70. The van der Waals surface area contributed by atoms with E-state index in [-0.39, 0.29) is 0 Å². The van der Waals surface area contributed by atoms with Crippen molar-refractivity contribution in [2.45, 2.75) is 30.7 Å². The largest absolute Gasteiger partial charge is 0.314 e. The van der Waals surface area contributed by atoms with E-state index >= 15 is 0 Å². The molecule has 3 rings (SSSR count). The van der Waals surface area contributed by atoms with Gasteiger partial charge in [0.2, 0.25) is 0 Å². The van der Waals surface area contributed by atoms with Crippen molar-refractivity contribution in [2.75, 3.05) is 19.6 Å². The molecule has 16 heavy (non-hydrogen) atoms. The van der Waals surface area contributed by atoms with Crippen LogP contribution >= 0.6 is 0 Å². The predicted octanol–water partition coefficient (Wildman–Crippen LogP) is 1.67. The van der Waals surface area contributed by atoms with E-state index in [0.29, 0.717) is 11.5 Å². The molecule has 0 radical (unpaired) electrons. The van der Waals surface area contributed by atoms with Crippen molar-refractivity contribution in [1.29, 1.82) is 0 Å². The molecule has 0 spiro atoms. The average Bonchev–Trinajstić information content (AvgIpc) is 2.21. The van der Waals surface area contributed by atoms with Crippen LogP contribution in [0.15, 0.2) is 30.3 Å². The summed E-state index contributed by atoms with van der Waals surface area (Å²) >= 11 is 0. The van der Waals surface area contributed by atoms with Crippen molar-refractivity contribution in [1.82, 2.24) is 10.6 Å². The van der Waals surface area contributed by atoms with E-state index in [1.54, 1.807) is 0 Å². The molecule has 2 fully saturated rings. The lowest BCUT2D eigenvalue weighted by atomic mass is 9.64. The van der Waals surface area contributed by atoms with E-state index in [1.807, 2.05) is 0 Å². The van der Waals surface area contributed by atoms with E-state index in [0.717, 1.165) is 19.6 Å². The van der Waals surface area contributed by atoms with Crippen molar-refractivity contribution in [2.24, 2.45) is 0 Å². The van der Waals surface area contributed by atoms with E-state index < -0.39 is 0 Å². The Labute approximate surface area is 97.4 Å². The minimum Gasteiger partial charge on any atom is -0.314 e. The summed E-state index contributed by atoms with van der Waals surface area (Å²) in [5.74, 6) is 0. The number of rotatable bonds is 4. The Morgan fingerprint density at radius 1 is 1.19 bits per heavy atom. The van der Waals surface area contributed by atoms with Crippen LogP contribution in [0.3, 0.4) is 0 Å². The molecular weight excluding hydrogens is 196 g/mol. The summed E-state index contributed by atoms with van der Waals surface area (Å²) in [6.45, 7) is 3.44. The summed E-state index contributed by atoms with van der Waals surface area (Å²) in [6, 6.07) is 11.7. The Hall–Kier alpha value is -0.860. The summed E-state index contributed by atoms with van der Waals surface area (Å²) in [5.41, 5.74) is 1.97. The molecule has 1 saturated heterocycles. The molecule has 2 heteroatoms. The van der Waals surface area contributed by atoms with Gasteiger partial charge in [-0.1, -0.05) is 36.8 Å². The lowest BCUT2D eigenvalue weighted by Crippen LogP contribution is -2.58. The third kappa shape index (κ3) is 1.76. The van der Waals surface area contributed by atoms with Crippen LogP contribution in [-0.4, -0.2) is 25.7 Å². The third-order valence-electron chi connectivity index (χ3n) is 4.21. The lowest BCUT2D eigenvalue weighted by molar-refractivity contribution is 0.213. The Balaban J connectivity index is 1.68. The van der Waals surface area contributed by atoms with Gasteiger partial charge in [-0.05, 0) is 18.4 Å². The second kappa shape index (κ2) is 4.19. The van der Waals surface area contributed by atoms with Crippen molar-refractivity contribution in [3.05, 3.63) is 35.9 Å². The Bertz CT molecular complexity index is 339. The van der Waals surface area contributed by atoms with Crippen LogP contribution in [0, 0.1) is 0 Å². The molecule has 0 unspecified atom stereocenters. The molecule has 2 N–H and O–H groups in total. The SMILES string of the molecule is c1ccc(C2(CNC3CNC3)CCC2)cc1. The average molecular weight is 216 g/mol. The van der Waals surface area contributed by atoms with E-state index in [1.165, 1.54) is 24.8 Å². The van der Waals surface area contributed by atoms with Gasteiger partial charge in [-0.3, -0.25) is 0 Å². The molecule has 1 saturated carbocycles. The molecule has 1 aliphatic heterocycles. The molecule has 86 valence electrons. The van der Waals surface area contributed by atoms with Gasteiger partial charge >= 0.3 is 0 Å². The molecule has 0 aromatic heterocycles. The van der Waals surface area contributed by atoms with Crippen molar-refractivity contribution in [3.63, 3.8) is 0 Å². The maximum Gasteiger partial charge on any atom is 0.0317 e. The van der Waals surface area contributed by atoms with Gasteiger partial charge in [0.05, 0.1) is 0 Å². The highest BCUT2D eigenvalue weighted by molar-refractivity contribution is 5.28. The van der Waals surface area contributed by atoms with Gasteiger partial charge in [0.25, 0.3) is 0 Å². The summed E-state index contributed by atoms with van der Waals surface area (Å²) in [6.07, 6.45) is 4.09. The monoisotopic (exact) mass is 216 g/mol. The molecule has 0 amide bonds. The first-order valence-electron chi connectivity index (χ1n) is 6.39. The van der Waals surface area contributed by atoms with Gasteiger partial charge in [0.15, 0.2) is 0 Å². The highest BCUT2D eigenvalue weighted by Crippen LogP contribution is 2.43. The van der Waals surface area contributed by atoms with Gasteiger partial charge in [-0.2, -0.15) is 0 Å². The number of benzene rings is 1. The normalized spacial score (nSPS) is 23.5. The quantitative estimate of drug-likeness (QED) is 0.800. The van der Waals surface area contributed by atoms with E-state index in [4.69, 9.17) is 0 Å². The second-order valence-electron chi connectivity index (χ2n) is 5.24. The van der Waals surface area contributed by atoms with Crippen LogP contribution in [0.5, 0.6) is 0 Å². The van der Waals surface area contributed by atoms with Crippen molar-refractivity contribution in [3.8, 4) is 0 Å². The second-order valence-corrected chi connectivity index (χ2v) is 5.24. The fourth-order valence-electron chi connectivity index (χ4n) is 2.74. The summed E-state index contributed by atoms with van der Waals surface area (Å²) < 4.78 is 0. The number of hydrogen-bond acceptors (Lipinski definition) is 2. The topological polar surface area (TPSA) is 24.1 Å². The highest BCUT2D eigenvalue weighted by Gasteiger charge is 2.38. The first kappa shape index (κ1) is 10.3. The fourth-order valence-corrected chi connectivity index (χ4v) is 2.74. The first-order valence-corrected chi connectivity index (χ1v) is 6.39. The van der Waals surface area contributed by atoms with E-state index in [9.17, 15) is 0 Å². The molecule has 2 nitrogen and oxygen atoms in total. The number of hydrogen-bond donors (Lipinski definition) is 2. The van der Waals surface area contributed by atoms with E-state index in [2.05, 4.69) is 41.0 Å². The third-order valence-corrected chi connectivity index (χ3v) is 4.21. The van der Waals surface area contributed by atoms with Gasteiger partial charge < -0.3 is 10.6 Å². The van der Waals surface area contributed by atoms with Gasteiger partial charge in [-0.25, -0.2) is 0 Å². The standard InChI is InChI=1S/C14H20N2/c1-2-5-12(6-3-1)14(7-4-8-14)11-16-13-9-15-10-13/h1-3,5-6,13,15-16H,4,7-11H2. The van der Waals surface area contributed by atoms with Gasteiger partial charge in [0, 0.05) is 31.1 Å². The minimum atomic E-state index is 0.441. The van der Waals surface area contributed by atoms with Crippen molar-refractivity contribution < 1.29 is 0 Å². The van der Waals surface area contributed by atoms with Crippen LogP contribution in [0.1, 0.15) is 24.8 Å². The van der Waals surface area contributed by atoms with Crippen LogP contribution in [0.25, 0.3) is 0 Å². The molecule has 0 bridgehead atoms. The summed E-state index contributed by atoms with van der Waals surface area (Å²) in [4.78, 5) is 0. The molecule has 0 atom stereocenters. The zero-order chi connectivity index (χ0) is 10.8. The predicted molar refractivity (Wildman–Crippen MR) is 66.6 cm³/mol. The summed E-state index contributed by atoms with van der Waals surface area (Å²) in [7, 11) is 0. The van der Waals surface area contributed by atoms with Crippen LogP contribution in [0.4, 0.5) is 0 Å². The number of nitrogens with one attached hydrogen (secondary N) is 2. The molecule has 1 heterocycles. The van der Waals surface area contributed by atoms with Crippen LogP contribution < -0.4 is 10.6 Å². The zero-order valence-electron chi connectivity index (χ0n) is 9.71. The Morgan fingerprint density at radius 3 is 2.44 bits per heavy atom. The molecule has 1 aromatic rings. The smallest absolute Gasteiger partial charge is 0.0317 e. The minimum absolute atomic E-state index is 0.441. The fraction of sp³-hybridized carbons (Fsp3) is 0.571. The molecular formula is C14H20N2. The zero-order valence-corrected chi connectivity index (χ0v) is 9.71. The van der Waals surface area contributed by atoms with Gasteiger partial charge in [0.1, 0.15) is 0 Å². The Morgan fingerprint density at radius 2 is 1.94 bits per heavy atom. The maximum absolute atomic E-state index is 3.70. The summed E-state index contributed by atoms with van der Waals surface area (Å²) in [5, 5.41) is 7.01.